The maximum atomic E-state index is 5.24. The highest BCUT2D eigenvalue weighted by Gasteiger charge is 2.11. The van der Waals surface area contributed by atoms with Crippen LogP contribution >= 0.6 is 11.3 Å². The van der Waals surface area contributed by atoms with Crippen LogP contribution in [0.25, 0.3) is 10.8 Å². The van der Waals surface area contributed by atoms with E-state index < -0.39 is 0 Å². The summed E-state index contributed by atoms with van der Waals surface area (Å²) in [5.41, 5.74) is 1.01. The molecule has 1 heterocycles. The highest BCUT2D eigenvalue weighted by molar-refractivity contribution is 7.15. The first-order chi connectivity index (χ1) is 9.76. The number of nitrogens with zero attached hydrogens (tertiary/aromatic N) is 2. The van der Waals surface area contributed by atoms with E-state index in [9.17, 15) is 0 Å². The van der Waals surface area contributed by atoms with Crippen molar-refractivity contribution in [2.45, 2.75) is 13.0 Å². The molecular formula is C15H15N3OS. The van der Waals surface area contributed by atoms with Gasteiger partial charge in [0.15, 0.2) is 0 Å². The van der Waals surface area contributed by atoms with E-state index in [2.05, 4.69) is 39.8 Å². The number of rotatable bonds is 4. The van der Waals surface area contributed by atoms with Crippen molar-refractivity contribution >= 4 is 32.9 Å². The van der Waals surface area contributed by atoms with Crippen LogP contribution in [0.3, 0.4) is 0 Å². The van der Waals surface area contributed by atoms with Crippen LogP contribution in [0.5, 0.6) is 0 Å². The summed E-state index contributed by atoms with van der Waals surface area (Å²) in [6.07, 6.45) is -0.0281. The summed E-state index contributed by atoms with van der Waals surface area (Å²) in [7, 11) is 1.67. The van der Waals surface area contributed by atoms with Gasteiger partial charge in [0.25, 0.3) is 0 Å². The second-order valence-electron chi connectivity index (χ2n) is 4.51. The first-order valence-electron chi connectivity index (χ1n) is 6.38. The summed E-state index contributed by atoms with van der Waals surface area (Å²) in [6.45, 7) is 1.96. The van der Waals surface area contributed by atoms with Gasteiger partial charge >= 0.3 is 0 Å². The Balaban J connectivity index is 1.83. The lowest BCUT2D eigenvalue weighted by Gasteiger charge is -2.04. The van der Waals surface area contributed by atoms with Gasteiger partial charge in [0.1, 0.15) is 11.1 Å². The van der Waals surface area contributed by atoms with Crippen molar-refractivity contribution in [2.75, 3.05) is 12.4 Å². The lowest BCUT2D eigenvalue weighted by Crippen LogP contribution is -1.93. The Bertz CT molecular complexity index is 726. The van der Waals surface area contributed by atoms with Gasteiger partial charge in [-0.05, 0) is 29.8 Å². The second-order valence-corrected chi connectivity index (χ2v) is 5.52. The average molecular weight is 285 g/mol. The van der Waals surface area contributed by atoms with Crippen LogP contribution in [-0.2, 0) is 4.74 Å². The van der Waals surface area contributed by atoms with Gasteiger partial charge in [0, 0.05) is 12.8 Å². The Kier molecular flexibility index (Phi) is 3.62. The van der Waals surface area contributed by atoms with E-state index in [1.165, 1.54) is 22.1 Å². The topological polar surface area (TPSA) is 47.0 Å². The molecule has 5 heteroatoms. The molecule has 1 aromatic heterocycles. The molecule has 3 rings (SSSR count). The van der Waals surface area contributed by atoms with Gasteiger partial charge in [0.2, 0.25) is 5.13 Å². The number of hydrogen-bond acceptors (Lipinski definition) is 5. The van der Waals surface area contributed by atoms with Gasteiger partial charge < -0.3 is 10.1 Å². The molecule has 0 saturated heterocycles. The van der Waals surface area contributed by atoms with Gasteiger partial charge in [-0.25, -0.2) is 0 Å². The molecule has 0 aliphatic carbocycles. The molecule has 0 aliphatic heterocycles. The van der Waals surface area contributed by atoms with E-state index in [4.69, 9.17) is 4.74 Å². The van der Waals surface area contributed by atoms with Crippen molar-refractivity contribution in [2.24, 2.45) is 0 Å². The molecule has 0 saturated carbocycles. The minimum absolute atomic E-state index is 0.0281. The Morgan fingerprint density at radius 2 is 1.90 bits per heavy atom. The molecule has 102 valence electrons. The van der Waals surface area contributed by atoms with Crippen LogP contribution in [-0.4, -0.2) is 17.3 Å². The number of fused-ring (bicyclic) bond motifs is 1. The number of anilines is 2. The molecule has 20 heavy (non-hydrogen) atoms. The third-order valence-corrected chi connectivity index (χ3v) is 4.14. The molecule has 3 aromatic rings. The van der Waals surface area contributed by atoms with Gasteiger partial charge in [-0.1, -0.05) is 41.7 Å². The Hall–Kier alpha value is -1.98. The van der Waals surface area contributed by atoms with Crippen LogP contribution in [0.15, 0.2) is 42.5 Å². The summed E-state index contributed by atoms with van der Waals surface area (Å²) >= 11 is 1.51. The van der Waals surface area contributed by atoms with Crippen molar-refractivity contribution in [1.82, 2.24) is 10.2 Å². The smallest absolute Gasteiger partial charge is 0.210 e. The van der Waals surface area contributed by atoms with Gasteiger partial charge in [-0.2, -0.15) is 0 Å². The summed E-state index contributed by atoms with van der Waals surface area (Å²) in [5.74, 6) is 0. The lowest BCUT2D eigenvalue weighted by molar-refractivity contribution is 0.118. The molecule has 0 aliphatic rings. The first-order valence-corrected chi connectivity index (χ1v) is 7.20. The molecule has 4 nitrogen and oxygen atoms in total. The standard InChI is InChI=1S/C15H15N3OS/c1-10(19-2)14-17-18-15(20-14)16-13-8-7-11-5-3-4-6-12(11)9-13/h3-10H,1-2H3,(H,16,18). The van der Waals surface area contributed by atoms with Crippen LogP contribution in [0.1, 0.15) is 18.0 Å². The van der Waals surface area contributed by atoms with Crippen molar-refractivity contribution in [3.63, 3.8) is 0 Å². The molecule has 2 aromatic carbocycles. The summed E-state index contributed by atoms with van der Waals surface area (Å²) < 4.78 is 5.24. The van der Waals surface area contributed by atoms with E-state index in [0.29, 0.717) is 0 Å². The van der Waals surface area contributed by atoms with E-state index in [1.54, 1.807) is 7.11 Å². The molecule has 0 spiro atoms. The molecule has 1 atom stereocenters. The van der Waals surface area contributed by atoms with E-state index in [1.807, 2.05) is 25.1 Å². The monoisotopic (exact) mass is 285 g/mol. The number of methoxy groups -OCH3 is 1. The van der Waals surface area contributed by atoms with E-state index in [0.717, 1.165) is 15.8 Å². The number of hydrogen-bond donors (Lipinski definition) is 1. The van der Waals surface area contributed by atoms with Crippen molar-refractivity contribution in [3.8, 4) is 0 Å². The fourth-order valence-electron chi connectivity index (χ4n) is 1.94. The maximum absolute atomic E-state index is 5.24. The molecule has 1 unspecified atom stereocenters. The first kappa shape index (κ1) is 13.0. The van der Waals surface area contributed by atoms with Gasteiger partial charge in [0.05, 0.1) is 0 Å². The lowest BCUT2D eigenvalue weighted by atomic mass is 10.1. The molecule has 0 bridgehead atoms. The van der Waals surface area contributed by atoms with Gasteiger partial charge in [-0.3, -0.25) is 0 Å². The minimum Gasteiger partial charge on any atom is -0.374 e. The molecule has 0 radical (unpaired) electrons. The van der Waals surface area contributed by atoms with Gasteiger partial charge in [-0.15, -0.1) is 10.2 Å². The molecule has 1 N–H and O–H groups in total. The predicted octanol–water partition coefficient (Wildman–Crippen LogP) is 4.14. The number of benzene rings is 2. The summed E-state index contributed by atoms with van der Waals surface area (Å²) in [5, 5.41) is 15.6. The Labute approximate surface area is 121 Å². The van der Waals surface area contributed by atoms with Crippen molar-refractivity contribution < 1.29 is 4.74 Å². The zero-order chi connectivity index (χ0) is 13.9. The highest BCUT2D eigenvalue weighted by atomic mass is 32.1. The third-order valence-electron chi connectivity index (χ3n) is 3.14. The second kappa shape index (κ2) is 5.56. The highest BCUT2D eigenvalue weighted by Crippen LogP contribution is 2.27. The van der Waals surface area contributed by atoms with E-state index >= 15 is 0 Å². The zero-order valence-electron chi connectivity index (χ0n) is 11.3. The van der Waals surface area contributed by atoms with Crippen LogP contribution < -0.4 is 5.32 Å². The summed E-state index contributed by atoms with van der Waals surface area (Å²) in [6, 6.07) is 14.5. The van der Waals surface area contributed by atoms with Crippen LogP contribution in [0, 0.1) is 0 Å². The minimum atomic E-state index is -0.0281. The quantitative estimate of drug-likeness (QED) is 0.782. The van der Waals surface area contributed by atoms with Crippen molar-refractivity contribution in [3.05, 3.63) is 47.5 Å². The van der Waals surface area contributed by atoms with Crippen molar-refractivity contribution in [1.29, 1.82) is 0 Å². The van der Waals surface area contributed by atoms with Crippen LogP contribution in [0.2, 0.25) is 0 Å². The molecular weight excluding hydrogens is 270 g/mol. The predicted molar refractivity (Wildman–Crippen MR) is 82.6 cm³/mol. The fraction of sp³-hybridized carbons (Fsp3) is 0.200. The largest absolute Gasteiger partial charge is 0.374 e. The molecule has 0 fully saturated rings. The van der Waals surface area contributed by atoms with E-state index in [-0.39, 0.29) is 6.10 Å². The Morgan fingerprint density at radius 1 is 1.10 bits per heavy atom. The summed E-state index contributed by atoms with van der Waals surface area (Å²) in [4.78, 5) is 0. The number of aromatic nitrogens is 2. The number of nitrogens with one attached hydrogen (secondary N) is 1. The van der Waals surface area contributed by atoms with Crippen LogP contribution in [0.4, 0.5) is 10.8 Å². The third kappa shape index (κ3) is 2.64. The SMILES string of the molecule is COC(C)c1nnc(Nc2ccc3ccccc3c2)s1. The Morgan fingerprint density at radius 3 is 2.70 bits per heavy atom. The molecule has 0 amide bonds. The number of ether oxygens (including phenoxy) is 1. The fourth-order valence-corrected chi connectivity index (χ4v) is 2.73. The zero-order valence-corrected chi connectivity index (χ0v) is 12.1. The average Bonchev–Trinajstić information content (AvgIpc) is 2.95. The normalized spacial score (nSPS) is 12.5. The maximum Gasteiger partial charge on any atom is 0.210 e.